The van der Waals surface area contributed by atoms with Crippen molar-refractivity contribution in [3.05, 3.63) is 76.3 Å². The molecule has 0 saturated heterocycles. The van der Waals surface area contributed by atoms with Gasteiger partial charge in [-0.2, -0.15) is 0 Å². The summed E-state index contributed by atoms with van der Waals surface area (Å²) in [6, 6.07) is 19.6. The van der Waals surface area contributed by atoms with Crippen molar-refractivity contribution in [3.8, 4) is 5.75 Å². The summed E-state index contributed by atoms with van der Waals surface area (Å²) in [4.78, 5) is 14.2. The van der Waals surface area contributed by atoms with Crippen LogP contribution in [0.15, 0.2) is 65.1 Å². The lowest BCUT2D eigenvalue weighted by Gasteiger charge is -2.18. The van der Waals surface area contributed by atoms with Crippen LogP contribution in [-0.4, -0.2) is 25.0 Å². The van der Waals surface area contributed by atoms with Gasteiger partial charge in [0.05, 0.1) is 7.11 Å². The lowest BCUT2D eigenvalue weighted by Crippen LogP contribution is -2.26. The van der Waals surface area contributed by atoms with E-state index in [0.29, 0.717) is 12.1 Å². The average Bonchev–Trinajstić information content (AvgIpc) is 2.61. The molecular formula is C20H18BrNO2. The zero-order valence-electron chi connectivity index (χ0n) is 13.6. The minimum atomic E-state index is 0.0114. The van der Waals surface area contributed by atoms with Crippen LogP contribution in [0.3, 0.4) is 0 Å². The second-order valence-electron chi connectivity index (χ2n) is 5.72. The van der Waals surface area contributed by atoms with Gasteiger partial charge in [0.25, 0.3) is 5.91 Å². The molecule has 0 aliphatic rings. The van der Waals surface area contributed by atoms with E-state index in [1.807, 2.05) is 55.6 Å². The fourth-order valence-electron chi connectivity index (χ4n) is 2.66. The minimum absolute atomic E-state index is 0.0114. The number of halogens is 1. The molecule has 0 unspecified atom stereocenters. The maximum atomic E-state index is 12.5. The molecule has 3 rings (SSSR count). The summed E-state index contributed by atoms with van der Waals surface area (Å²) in [5.74, 6) is 0.857. The van der Waals surface area contributed by atoms with E-state index in [2.05, 4.69) is 28.1 Å². The number of carbonyl (C=O) groups excluding carboxylic acids is 1. The Labute approximate surface area is 150 Å². The topological polar surface area (TPSA) is 29.5 Å². The van der Waals surface area contributed by atoms with E-state index >= 15 is 0 Å². The molecule has 0 aliphatic heterocycles. The fraction of sp³-hybridized carbons (Fsp3) is 0.150. The van der Waals surface area contributed by atoms with Gasteiger partial charge in [0.1, 0.15) is 5.75 Å². The van der Waals surface area contributed by atoms with E-state index in [0.717, 1.165) is 26.6 Å². The quantitative estimate of drug-likeness (QED) is 0.642. The maximum absolute atomic E-state index is 12.5. The highest BCUT2D eigenvalue weighted by Crippen LogP contribution is 2.22. The number of benzene rings is 3. The lowest BCUT2D eigenvalue weighted by molar-refractivity contribution is 0.0785. The predicted octanol–water partition coefficient (Wildman–Crippen LogP) is 4.88. The molecule has 0 radical (unpaired) electrons. The smallest absolute Gasteiger partial charge is 0.253 e. The standard InChI is InChI=1S/C20H18BrNO2/c1-22(20(23)15-5-8-18(21)9-6-15)13-14-3-4-17-12-19(24-2)10-7-16(17)11-14/h3-12H,13H2,1-2H3. The van der Waals surface area contributed by atoms with E-state index in [1.54, 1.807) is 12.0 Å². The molecule has 0 heterocycles. The Hall–Kier alpha value is -2.33. The van der Waals surface area contributed by atoms with Gasteiger partial charge in [0.15, 0.2) is 0 Å². The molecule has 122 valence electrons. The van der Waals surface area contributed by atoms with Crippen LogP contribution in [0.1, 0.15) is 15.9 Å². The van der Waals surface area contributed by atoms with Crippen LogP contribution < -0.4 is 4.74 Å². The number of rotatable bonds is 4. The van der Waals surface area contributed by atoms with Crippen molar-refractivity contribution in [2.75, 3.05) is 14.2 Å². The SMILES string of the molecule is COc1ccc2cc(CN(C)C(=O)c3ccc(Br)cc3)ccc2c1. The van der Waals surface area contributed by atoms with Gasteiger partial charge in [0, 0.05) is 23.6 Å². The van der Waals surface area contributed by atoms with E-state index in [1.165, 1.54) is 0 Å². The molecule has 0 fully saturated rings. The number of amides is 1. The minimum Gasteiger partial charge on any atom is -0.497 e. The molecule has 4 heteroatoms. The van der Waals surface area contributed by atoms with Gasteiger partial charge >= 0.3 is 0 Å². The van der Waals surface area contributed by atoms with Gasteiger partial charge in [0.2, 0.25) is 0 Å². The van der Waals surface area contributed by atoms with E-state index < -0.39 is 0 Å². The van der Waals surface area contributed by atoms with Crippen molar-refractivity contribution in [3.63, 3.8) is 0 Å². The highest BCUT2D eigenvalue weighted by molar-refractivity contribution is 9.10. The number of nitrogens with zero attached hydrogens (tertiary/aromatic N) is 1. The Bertz CT molecular complexity index is 874. The Morgan fingerprint density at radius 2 is 1.67 bits per heavy atom. The van der Waals surface area contributed by atoms with Gasteiger partial charge in [-0.3, -0.25) is 4.79 Å². The summed E-state index contributed by atoms with van der Waals surface area (Å²) < 4.78 is 6.21. The monoisotopic (exact) mass is 383 g/mol. The molecule has 0 saturated carbocycles. The molecule has 0 aromatic heterocycles. The van der Waals surface area contributed by atoms with Crippen LogP contribution in [0.2, 0.25) is 0 Å². The first-order valence-corrected chi connectivity index (χ1v) is 8.44. The molecule has 3 aromatic rings. The molecule has 0 spiro atoms. The summed E-state index contributed by atoms with van der Waals surface area (Å²) >= 11 is 3.38. The van der Waals surface area contributed by atoms with Crippen LogP contribution in [-0.2, 0) is 6.54 Å². The highest BCUT2D eigenvalue weighted by atomic mass is 79.9. The third-order valence-electron chi connectivity index (χ3n) is 3.97. The summed E-state index contributed by atoms with van der Waals surface area (Å²) in [5, 5.41) is 2.26. The fourth-order valence-corrected chi connectivity index (χ4v) is 2.92. The number of hydrogen-bond acceptors (Lipinski definition) is 2. The largest absolute Gasteiger partial charge is 0.497 e. The van der Waals surface area contributed by atoms with Crippen molar-refractivity contribution in [2.24, 2.45) is 0 Å². The van der Waals surface area contributed by atoms with E-state index in [-0.39, 0.29) is 5.91 Å². The number of fused-ring (bicyclic) bond motifs is 1. The Morgan fingerprint density at radius 1 is 1.00 bits per heavy atom. The molecule has 0 aliphatic carbocycles. The molecule has 3 nitrogen and oxygen atoms in total. The van der Waals surface area contributed by atoms with E-state index in [4.69, 9.17) is 4.74 Å². The first-order valence-electron chi connectivity index (χ1n) is 7.64. The van der Waals surface area contributed by atoms with Crippen LogP contribution >= 0.6 is 15.9 Å². The van der Waals surface area contributed by atoms with Crippen LogP contribution in [0.25, 0.3) is 10.8 Å². The van der Waals surface area contributed by atoms with Crippen molar-refractivity contribution in [1.29, 1.82) is 0 Å². The Kier molecular flexibility index (Phi) is 4.86. The summed E-state index contributed by atoms with van der Waals surface area (Å²) in [6.07, 6.45) is 0. The maximum Gasteiger partial charge on any atom is 0.253 e. The van der Waals surface area contributed by atoms with Gasteiger partial charge in [-0.1, -0.05) is 34.1 Å². The summed E-state index contributed by atoms with van der Waals surface area (Å²) in [5.41, 5.74) is 1.78. The number of hydrogen-bond donors (Lipinski definition) is 0. The second-order valence-corrected chi connectivity index (χ2v) is 6.63. The van der Waals surface area contributed by atoms with Crippen LogP contribution in [0.4, 0.5) is 0 Å². The molecule has 1 amide bonds. The van der Waals surface area contributed by atoms with Crippen molar-refractivity contribution in [2.45, 2.75) is 6.54 Å². The Morgan fingerprint density at radius 3 is 2.38 bits per heavy atom. The summed E-state index contributed by atoms with van der Waals surface area (Å²) in [7, 11) is 3.49. The van der Waals surface area contributed by atoms with Crippen LogP contribution in [0.5, 0.6) is 5.75 Å². The van der Waals surface area contributed by atoms with Crippen molar-refractivity contribution < 1.29 is 9.53 Å². The molecule has 24 heavy (non-hydrogen) atoms. The number of ether oxygens (including phenoxy) is 1. The number of methoxy groups -OCH3 is 1. The second kappa shape index (κ2) is 7.05. The molecular weight excluding hydrogens is 366 g/mol. The highest BCUT2D eigenvalue weighted by Gasteiger charge is 2.12. The lowest BCUT2D eigenvalue weighted by atomic mass is 10.1. The predicted molar refractivity (Wildman–Crippen MR) is 100 cm³/mol. The van der Waals surface area contributed by atoms with Crippen LogP contribution in [0, 0.1) is 0 Å². The zero-order chi connectivity index (χ0) is 17.1. The zero-order valence-corrected chi connectivity index (χ0v) is 15.2. The summed E-state index contributed by atoms with van der Waals surface area (Å²) in [6.45, 7) is 0.566. The first-order chi connectivity index (χ1) is 11.6. The van der Waals surface area contributed by atoms with Crippen molar-refractivity contribution >= 4 is 32.6 Å². The molecule has 3 aromatic carbocycles. The third-order valence-corrected chi connectivity index (χ3v) is 4.50. The normalized spacial score (nSPS) is 10.6. The van der Waals surface area contributed by atoms with Gasteiger partial charge < -0.3 is 9.64 Å². The molecule has 0 atom stereocenters. The number of carbonyl (C=O) groups is 1. The van der Waals surface area contributed by atoms with Gasteiger partial charge in [-0.05, 0) is 58.8 Å². The first kappa shape index (κ1) is 16.5. The molecule has 0 N–H and O–H groups in total. The van der Waals surface area contributed by atoms with Gasteiger partial charge in [-0.25, -0.2) is 0 Å². The third kappa shape index (κ3) is 3.60. The Balaban J connectivity index is 1.78. The van der Waals surface area contributed by atoms with Gasteiger partial charge in [-0.15, -0.1) is 0 Å². The average molecular weight is 384 g/mol. The van der Waals surface area contributed by atoms with Crippen molar-refractivity contribution in [1.82, 2.24) is 4.90 Å². The van der Waals surface area contributed by atoms with E-state index in [9.17, 15) is 4.79 Å². The molecule has 0 bridgehead atoms.